The second-order valence-corrected chi connectivity index (χ2v) is 12.6. The van der Waals surface area contributed by atoms with Gasteiger partial charge in [-0.1, -0.05) is 18.2 Å². The van der Waals surface area contributed by atoms with Gasteiger partial charge in [-0.3, -0.25) is 14.7 Å². The zero-order valence-corrected chi connectivity index (χ0v) is 22.7. The van der Waals surface area contributed by atoms with Crippen LogP contribution < -0.4 is 5.32 Å². The Labute approximate surface area is 229 Å². The summed E-state index contributed by atoms with van der Waals surface area (Å²) in [5.74, 6) is -4.13. The lowest BCUT2D eigenvalue weighted by Gasteiger charge is -2.39. The van der Waals surface area contributed by atoms with Crippen LogP contribution in [-0.4, -0.2) is 59.4 Å². The molecule has 3 rings (SSSR count). The van der Waals surface area contributed by atoms with E-state index in [1.807, 2.05) is 6.07 Å². The summed E-state index contributed by atoms with van der Waals surface area (Å²) in [5, 5.41) is 11.8. The fraction of sp³-hybridized carbons (Fsp3) is 0.462. The van der Waals surface area contributed by atoms with Gasteiger partial charge in [-0.25, -0.2) is 17.6 Å². The second-order valence-electron chi connectivity index (χ2n) is 10.5. The average Bonchev–Trinajstić information content (AvgIpc) is 3.60. The summed E-state index contributed by atoms with van der Waals surface area (Å²) < 4.78 is 89.4. The number of pyridine rings is 1. The van der Waals surface area contributed by atoms with Crippen LogP contribution in [0.2, 0.25) is 0 Å². The minimum atomic E-state index is -5.26. The number of nitrogens with zero attached hydrogens (tertiary/aromatic N) is 3. The number of amides is 2. The van der Waals surface area contributed by atoms with Crippen molar-refractivity contribution in [1.82, 2.24) is 15.2 Å². The Kier molecular flexibility index (Phi) is 8.78. The van der Waals surface area contributed by atoms with Gasteiger partial charge in [0.25, 0.3) is 0 Å². The van der Waals surface area contributed by atoms with E-state index in [0.717, 1.165) is 24.3 Å². The number of sulfone groups is 1. The normalized spacial score (nSPS) is 16.2. The lowest BCUT2D eigenvalue weighted by Crippen LogP contribution is -2.59. The van der Waals surface area contributed by atoms with E-state index in [2.05, 4.69) is 10.3 Å². The molecule has 1 N–H and O–H groups in total. The first kappa shape index (κ1) is 30.8. The predicted octanol–water partition coefficient (Wildman–Crippen LogP) is 4.22. The van der Waals surface area contributed by atoms with Gasteiger partial charge in [-0.05, 0) is 63.4 Å². The molecule has 40 heavy (non-hydrogen) atoms. The van der Waals surface area contributed by atoms with Crippen LogP contribution in [0.25, 0.3) is 0 Å². The monoisotopic (exact) mass is 584 g/mol. The van der Waals surface area contributed by atoms with E-state index in [1.165, 1.54) is 45.2 Å². The quantitative estimate of drug-likeness (QED) is 0.437. The predicted molar refractivity (Wildman–Crippen MR) is 135 cm³/mol. The van der Waals surface area contributed by atoms with Gasteiger partial charge in [0, 0.05) is 6.20 Å². The number of benzene rings is 1. The van der Waals surface area contributed by atoms with Crippen LogP contribution in [0, 0.1) is 17.1 Å². The summed E-state index contributed by atoms with van der Waals surface area (Å²) in [6.45, 7) is 4.14. The zero-order chi connectivity index (χ0) is 29.9. The lowest BCUT2D eigenvalue weighted by molar-refractivity contribution is -0.188. The lowest BCUT2D eigenvalue weighted by atomic mass is 10.0. The van der Waals surface area contributed by atoms with Crippen molar-refractivity contribution in [2.75, 3.05) is 5.75 Å². The van der Waals surface area contributed by atoms with Gasteiger partial charge < -0.3 is 10.1 Å². The Bertz CT molecular complexity index is 1370. The smallest absolute Gasteiger partial charge is 0.413 e. The van der Waals surface area contributed by atoms with E-state index in [9.17, 15) is 40.8 Å². The largest absolute Gasteiger partial charge is 0.444 e. The summed E-state index contributed by atoms with van der Waals surface area (Å²) in [5.41, 5.74) is -3.32. The first-order valence-electron chi connectivity index (χ1n) is 12.1. The van der Waals surface area contributed by atoms with Crippen molar-refractivity contribution in [3.63, 3.8) is 0 Å². The molecule has 1 fully saturated rings. The number of carbonyl (C=O) groups excluding carboxylic acids is 2. The Morgan fingerprint density at radius 1 is 1.15 bits per heavy atom. The van der Waals surface area contributed by atoms with Crippen LogP contribution in [0.1, 0.15) is 50.9 Å². The Morgan fingerprint density at radius 3 is 2.25 bits per heavy atom. The van der Waals surface area contributed by atoms with E-state index >= 15 is 0 Å². The highest BCUT2D eigenvalue weighted by atomic mass is 32.2. The van der Waals surface area contributed by atoms with Crippen LogP contribution in [0.4, 0.5) is 22.4 Å². The molecule has 1 aromatic heterocycles. The van der Waals surface area contributed by atoms with E-state index in [0.29, 0.717) is 0 Å². The number of alkyl halides is 3. The number of halogens is 4. The maximum atomic E-state index is 14.7. The topological polar surface area (TPSA) is 129 Å². The molecule has 1 aliphatic carbocycles. The minimum absolute atomic E-state index is 0.0112. The highest BCUT2D eigenvalue weighted by Crippen LogP contribution is 2.41. The molecule has 0 unspecified atom stereocenters. The molecule has 1 saturated carbocycles. The zero-order valence-electron chi connectivity index (χ0n) is 21.9. The van der Waals surface area contributed by atoms with Crippen LogP contribution >= 0.6 is 0 Å². The summed E-state index contributed by atoms with van der Waals surface area (Å²) in [7, 11) is -4.39. The number of hydrogen-bond acceptors (Lipinski definition) is 7. The van der Waals surface area contributed by atoms with Gasteiger partial charge >= 0.3 is 12.3 Å². The third kappa shape index (κ3) is 8.14. The van der Waals surface area contributed by atoms with Crippen molar-refractivity contribution in [2.45, 2.75) is 68.8 Å². The molecule has 1 aromatic carbocycles. The number of ether oxygens (including phenoxy) is 1. The molecule has 0 spiro atoms. The van der Waals surface area contributed by atoms with Crippen molar-refractivity contribution in [3.05, 3.63) is 65.7 Å². The number of carbonyl (C=O) groups is 2. The van der Waals surface area contributed by atoms with Gasteiger partial charge in [0.15, 0.2) is 15.9 Å². The molecule has 9 nitrogen and oxygen atoms in total. The summed E-state index contributed by atoms with van der Waals surface area (Å²) in [6.07, 6.45) is -5.19. The Balaban J connectivity index is 2.17. The molecule has 2 amide bonds. The molecule has 0 radical (unpaired) electrons. The fourth-order valence-electron chi connectivity index (χ4n) is 3.88. The molecule has 0 aliphatic heterocycles. The van der Waals surface area contributed by atoms with Crippen molar-refractivity contribution >= 4 is 21.8 Å². The number of aromatic nitrogens is 1. The molecule has 2 aromatic rings. The van der Waals surface area contributed by atoms with Crippen molar-refractivity contribution < 1.29 is 40.3 Å². The number of hydrogen-bond donors (Lipinski definition) is 1. The first-order chi connectivity index (χ1) is 18.5. The molecule has 1 heterocycles. The van der Waals surface area contributed by atoms with E-state index in [4.69, 9.17) is 4.74 Å². The van der Waals surface area contributed by atoms with Crippen LogP contribution in [0.15, 0.2) is 48.7 Å². The summed E-state index contributed by atoms with van der Waals surface area (Å²) in [4.78, 5) is 30.8. The standard InChI is InChI=1S/C26H28F4N4O5S/c1-24(2,3)39-23(36)34(21(26(28,29)30)17-7-9-18(27)10-8-17)20(22(35)33-25(16-31)11-12-25)15-40(37,38)14-19-6-4-5-13-32-19/h4-10,13,20-21H,11-12,14-15H2,1-3H3,(H,33,35)/t20-,21-/m0/s1. The highest BCUT2D eigenvalue weighted by molar-refractivity contribution is 7.90. The number of nitriles is 1. The number of rotatable bonds is 9. The first-order valence-corrected chi connectivity index (χ1v) is 13.9. The molecule has 1 aliphatic rings. The van der Waals surface area contributed by atoms with E-state index in [-0.39, 0.29) is 23.4 Å². The van der Waals surface area contributed by atoms with Crippen molar-refractivity contribution in [1.29, 1.82) is 5.26 Å². The van der Waals surface area contributed by atoms with E-state index in [1.54, 1.807) is 0 Å². The fourth-order valence-corrected chi connectivity index (χ4v) is 5.41. The Morgan fingerprint density at radius 2 is 1.77 bits per heavy atom. The number of nitrogens with one attached hydrogen (secondary N) is 1. The molecular formula is C26H28F4N4O5S. The molecule has 14 heteroatoms. The third-order valence-electron chi connectivity index (χ3n) is 5.85. The summed E-state index contributed by atoms with van der Waals surface area (Å²) in [6, 6.07) is 4.12. The van der Waals surface area contributed by atoms with E-state index < -0.39 is 74.1 Å². The molecule has 0 saturated heterocycles. The Hall–Kier alpha value is -3.73. The van der Waals surface area contributed by atoms with Crippen LogP contribution in [-0.2, 0) is 25.1 Å². The molecular weight excluding hydrogens is 556 g/mol. The van der Waals surface area contributed by atoms with Gasteiger partial charge in [0.05, 0.1) is 23.3 Å². The van der Waals surface area contributed by atoms with Crippen LogP contribution in [0.3, 0.4) is 0 Å². The minimum Gasteiger partial charge on any atom is -0.444 e. The SMILES string of the molecule is CC(C)(C)OC(=O)N([C@@H](c1ccc(F)cc1)C(F)(F)F)[C@@H](CS(=O)(=O)Cc1ccccn1)C(=O)NC1(C#N)CC1. The maximum absolute atomic E-state index is 14.7. The third-order valence-corrected chi connectivity index (χ3v) is 7.41. The average molecular weight is 585 g/mol. The molecule has 216 valence electrons. The van der Waals surface area contributed by atoms with Gasteiger partial charge in [-0.2, -0.15) is 18.4 Å². The van der Waals surface area contributed by atoms with Crippen molar-refractivity contribution in [2.24, 2.45) is 0 Å². The molecule has 0 bridgehead atoms. The van der Waals surface area contributed by atoms with Gasteiger partial charge in [-0.15, -0.1) is 0 Å². The van der Waals surface area contributed by atoms with Gasteiger partial charge in [0.1, 0.15) is 23.0 Å². The van der Waals surface area contributed by atoms with Crippen molar-refractivity contribution in [3.8, 4) is 6.07 Å². The summed E-state index contributed by atoms with van der Waals surface area (Å²) >= 11 is 0. The maximum Gasteiger partial charge on any atom is 0.413 e. The van der Waals surface area contributed by atoms with Gasteiger partial charge in [0.2, 0.25) is 5.91 Å². The second kappa shape index (κ2) is 11.4. The molecule has 2 atom stereocenters. The highest BCUT2D eigenvalue weighted by Gasteiger charge is 2.54. The van der Waals surface area contributed by atoms with Crippen LogP contribution in [0.5, 0.6) is 0 Å².